The number of benzene rings is 2. The van der Waals surface area contributed by atoms with E-state index in [1.54, 1.807) is 12.1 Å². The second kappa shape index (κ2) is 7.68. The van der Waals surface area contributed by atoms with Gasteiger partial charge in [-0.25, -0.2) is 4.79 Å². The fraction of sp³-hybridized carbons (Fsp3) is 0.188. The number of halogens is 1. The van der Waals surface area contributed by atoms with Crippen LogP contribution < -0.4 is 5.32 Å². The van der Waals surface area contributed by atoms with Crippen molar-refractivity contribution in [3.8, 4) is 0 Å². The van der Waals surface area contributed by atoms with E-state index in [1.807, 2.05) is 30.3 Å². The Kier molecular flexibility index (Phi) is 6.22. The summed E-state index contributed by atoms with van der Waals surface area (Å²) in [6.45, 7) is 2.61. The van der Waals surface area contributed by atoms with Gasteiger partial charge in [0.15, 0.2) is 0 Å². The summed E-state index contributed by atoms with van der Waals surface area (Å²) in [5, 5.41) is 12.5. The second-order valence-corrected chi connectivity index (χ2v) is 4.48. The summed E-state index contributed by atoms with van der Waals surface area (Å²) in [5.41, 5.74) is 2.35. The van der Waals surface area contributed by atoms with Crippen molar-refractivity contribution < 1.29 is 9.90 Å². The van der Waals surface area contributed by atoms with Crippen molar-refractivity contribution >= 4 is 18.4 Å². The van der Waals surface area contributed by atoms with E-state index >= 15 is 0 Å². The third kappa shape index (κ3) is 4.08. The van der Waals surface area contributed by atoms with E-state index in [9.17, 15) is 4.79 Å². The monoisotopic (exact) mass is 291 g/mol. The van der Waals surface area contributed by atoms with Crippen LogP contribution in [-0.2, 0) is 6.54 Å². The highest BCUT2D eigenvalue weighted by atomic mass is 35.5. The molecular formula is C16H18ClNO2. The molecule has 1 atom stereocenters. The second-order valence-electron chi connectivity index (χ2n) is 4.48. The lowest BCUT2D eigenvalue weighted by atomic mass is 10.1. The summed E-state index contributed by atoms with van der Waals surface area (Å²) in [4.78, 5) is 11.1. The number of aromatic carboxylic acids is 1. The topological polar surface area (TPSA) is 49.3 Å². The molecule has 2 rings (SSSR count). The van der Waals surface area contributed by atoms with Gasteiger partial charge in [-0.15, -0.1) is 12.4 Å². The Balaban J connectivity index is 0.00000200. The van der Waals surface area contributed by atoms with Crippen molar-refractivity contribution in [3.05, 3.63) is 71.3 Å². The molecule has 0 bridgehead atoms. The van der Waals surface area contributed by atoms with Crippen molar-refractivity contribution in [1.29, 1.82) is 0 Å². The highest BCUT2D eigenvalue weighted by molar-refractivity contribution is 5.89. The van der Waals surface area contributed by atoms with Crippen LogP contribution in [0.5, 0.6) is 0 Å². The van der Waals surface area contributed by atoms with Crippen LogP contribution in [0.2, 0.25) is 0 Å². The number of carbonyl (C=O) groups is 1. The Morgan fingerprint density at radius 1 is 1.10 bits per heavy atom. The van der Waals surface area contributed by atoms with Crippen molar-refractivity contribution in [1.82, 2.24) is 5.32 Å². The van der Waals surface area contributed by atoms with Crippen LogP contribution in [0.1, 0.15) is 34.5 Å². The smallest absolute Gasteiger partial charge is 0.336 e. The Bertz CT molecular complexity index is 557. The van der Waals surface area contributed by atoms with Crippen LogP contribution in [-0.4, -0.2) is 11.1 Å². The van der Waals surface area contributed by atoms with Gasteiger partial charge in [-0.1, -0.05) is 48.5 Å². The minimum atomic E-state index is -0.884. The number of carboxylic acids is 1. The summed E-state index contributed by atoms with van der Waals surface area (Å²) in [6, 6.07) is 17.3. The maximum Gasteiger partial charge on any atom is 0.336 e. The SMILES string of the molecule is CC(NCc1ccccc1C(=O)O)c1ccccc1.Cl. The van der Waals surface area contributed by atoms with Crippen LogP contribution >= 0.6 is 12.4 Å². The van der Waals surface area contributed by atoms with E-state index in [4.69, 9.17) is 5.11 Å². The summed E-state index contributed by atoms with van der Waals surface area (Å²) in [6.07, 6.45) is 0. The molecule has 0 saturated heterocycles. The molecule has 0 fully saturated rings. The molecule has 0 heterocycles. The molecule has 0 amide bonds. The molecule has 3 nitrogen and oxygen atoms in total. The first-order chi connectivity index (χ1) is 9.18. The summed E-state index contributed by atoms with van der Waals surface area (Å²) in [5.74, 6) is -0.884. The Hall–Kier alpha value is -1.84. The molecule has 1 unspecified atom stereocenters. The predicted octanol–water partition coefficient (Wildman–Crippen LogP) is 3.66. The zero-order valence-electron chi connectivity index (χ0n) is 11.2. The van der Waals surface area contributed by atoms with Gasteiger partial charge in [0.1, 0.15) is 0 Å². The fourth-order valence-corrected chi connectivity index (χ4v) is 2.01. The van der Waals surface area contributed by atoms with Crippen molar-refractivity contribution in [2.24, 2.45) is 0 Å². The number of hydrogen-bond acceptors (Lipinski definition) is 2. The largest absolute Gasteiger partial charge is 0.478 e. The molecule has 0 spiro atoms. The molecule has 2 aromatic rings. The molecule has 0 radical (unpaired) electrons. The Morgan fingerprint density at radius 2 is 1.70 bits per heavy atom. The number of rotatable bonds is 5. The highest BCUT2D eigenvalue weighted by Crippen LogP contribution is 2.14. The molecule has 0 aliphatic rings. The maximum atomic E-state index is 11.1. The van der Waals surface area contributed by atoms with E-state index in [0.717, 1.165) is 5.56 Å². The lowest BCUT2D eigenvalue weighted by Crippen LogP contribution is -2.19. The quantitative estimate of drug-likeness (QED) is 0.884. The standard InChI is InChI=1S/C16H17NO2.ClH/c1-12(13-7-3-2-4-8-13)17-11-14-9-5-6-10-15(14)16(18)19;/h2-10,12,17H,11H2,1H3,(H,18,19);1H. The molecule has 4 heteroatoms. The normalized spacial score (nSPS) is 11.4. The average Bonchev–Trinajstić information content (AvgIpc) is 2.46. The van der Waals surface area contributed by atoms with Crippen LogP contribution in [0.3, 0.4) is 0 Å². The summed E-state index contributed by atoms with van der Waals surface area (Å²) < 4.78 is 0. The molecule has 0 aliphatic heterocycles. The average molecular weight is 292 g/mol. The van der Waals surface area contributed by atoms with Crippen LogP contribution in [0, 0.1) is 0 Å². The van der Waals surface area contributed by atoms with Gasteiger partial charge in [0.25, 0.3) is 0 Å². The summed E-state index contributed by atoms with van der Waals surface area (Å²) >= 11 is 0. The van der Waals surface area contributed by atoms with Gasteiger partial charge in [-0.2, -0.15) is 0 Å². The molecule has 0 aromatic heterocycles. The molecule has 2 aromatic carbocycles. The molecule has 106 valence electrons. The van der Waals surface area contributed by atoms with E-state index in [-0.39, 0.29) is 18.4 Å². The third-order valence-electron chi connectivity index (χ3n) is 3.15. The van der Waals surface area contributed by atoms with E-state index in [0.29, 0.717) is 12.1 Å². The summed E-state index contributed by atoms with van der Waals surface area (Å²) in [7, 11) is 0. The van der Waals surface area contributed by atoms with Crippen molar-refractivity contribution in [2.75, 3.05) is 0 Å². The zero-order valence-corrected chi connectivity index (χ0v) is 12.1. The van der Waals surface area contributed by atoms with Gasteiger partial charge < -0.3 is 10.4 Å². The minimum Gasteiger partial charge on any atom is -0.478 e. The zero-order chi connectivity index (χ0) is 13.7. The number of carboxylic acid groups (broad SMARTS) is 1. The predicted molar refractivity (Wildman–Crippen MR) is 82.3 cm³/mol. The van der Waals surface area contributed by atoms with E-state index in [1.165, 1.54) is 5.56 Å². The van der Waals surface area contributed by atoms with Gasteiger partial charge in [0, 0.05) is 12.6 Å². The lowest BCUT2D eigenvalue weighted by molar-refractivity contribution is 0.0695. The van der Waals surface area contributed by atoms with Gasteiger partial charge >= 0.3 is 5.97 Å². The van der Waals surface area contributed by atoms with Crippen molar-refractivity contribution in [3.63, 3.8) is 0 Å². The first kappa shape index (κ1) is 16.2. The van der Waals surface area contributed by atoms with Crippen LogP contribution in [0.25, 0.3) is 0 Å². The minimum absolute atomic E-state index is 0. The maximum absolute atomic E-state index is 11.1. The number of nitrogens with one attached hydrogen (secondary N) is 1. The number of hydrogen-bond donors (Lipinski definition) is 2. The van der Waals surface area contributed by atoms with E-state index < -0.39 is 5.97 Å². The van der Waals surface area contributed by atoms with Gasteiger partial charge in [0.05, 0.1) is 5.56 Å². The first-order valence-electron chi connectivity index (χ1n) is 6.28. The van der Waals surface area contributed by atoms with Crippen LogP contribution in [0.4, 0.5) is 0 Å². The molecule has 2 N–H and O–H groups in total. The Labute approximate surface area is 125 Å². The Morgan fingerprint density at radius 3 is 2.35 bits per heavy atom. The molecular weight excluding hydrogens is 274 g/mol. The highest BCUT2D eigenvalue weighted by Gasteiger charge is 2.10. The van der Waals surface area contributed by atoms with Crippen molar-refractivity contribution in [2.45, 2.75) is 19.5 Å². The third-order valence-corrected chi connectivity index (χ3v) is 3.15. The first-order valence-corrected chi connectivity index (χ1v) is 6.28. The molecule has 0 aliphatic carbocycles. The van der Waals surface area contributed by atoms with E-state index in [2.05, 4.69) is 24.4 Å². The lowest BCUT2D eigenvalue weighted by Gasteiger charge is -2.15. The fourth-order valence-electron chi connectivity index (χ4n) is 2.01. The molecule has 20 heavy (non-hydrogen) atoms. The van der Waals surface area contributed by atoms with Crippen LogP contribution in [0.15, 0.2) is 54.6 Å². The molecule has 0 saturated carbocycles. The van der Waals surface area contributed by atoms with Gasteiger partial charge in [-0.3, -0.25) is 0 Å². The van der Waals surface area contributed by atoms with Gasteiger partial charge in [-0.05, 0) is 24.1 Å². The van der Waals surface area contributed by atoms with Gasteiger partial charge in [0.2, 0.25) is 0 Å².